The zero-order valence-electron chi connectivity index (χ0n) is 20.4. The second-order valence-electron chi connectivity index (χ2n) is 9.01. The fraction of sp³-hybridized carbons (Fsp3) is 0.200. The number of esters is 1. The molecule has 190 valence electrons. The molecule has 2 unspecified atom stereocenters. The number of carbonyl (C=O) groups is 2. The summed E-state index contributed by atoms with van der Waals surface area (Å²) >= 11 is 0. The number of hydrogen-bond donors (Lipinski definition) is 2. The summed E-state index contributed by atoms with van der Waals surface area (Å²) in [4.78, 5) is 25.6. The molecule has 0 spiro atoms. The second kappa shape index (κ2) is 11.2. The molecule has 2 N–H and O–H groups in total. The minimum atomic E-state index is -1.01. The van der Waals surface area contributed by atoms with Crippen LogP contribution in [-0.4, -0.2) is 30.1 Å². The van der Waals surface area contributed by atoms with Crippen molar-refractivity contribution in [3.63, 3.8) is 0 Å². The van der Waals surface area contributed by atoms with Gasteiger partial charge >= 0.3 is 5.97 Å². The molecule has 7 heteroatoms. The summed E-state index contributed by atoms with van der Waals surface area (Å²) in [5, 5.41) is 12.9. The SMILES string of the molecule is COC(=O)[C@H](CC1=CC(C)C(c2ccccc2)C=C1)NC(=O)c1cc(-c2ccc(F)cc2F)ccc1O. The number of rotatable bonds is 7. The van der Waals surface area contributed by atoms with Gasteiger partial charge in [-0.25, -0.2) is 13.6 Å². The Morgan fingerprint density at radius 1 is 1.05 bits per heavy atom. The Kier molecular flexibility index (Phi) is 7.82. The van der Waals surface area contributed by atoms with Crippen molar-refractivity contribution in [2.24, 2.45) is 5.92 Å². The van der Waals surface area contributed by atoms with E-state index in [-0.39, 0.29) is 40.7 Å². The van der Waals surface area contributed by atoms with Gasteiger partial charge < -0.3 is 15.2 Å². The molecule has 4 rings (SSSR count). The van der Waals surface area contributed by atoms with Gasteiger partial charge in [-0.15, -0.1) is 0 Å². The van der Waals surface area contributed by atoms with Gasteiger partial charge in [-0.05, 0) is 46.9 Å². The number of methoxy groups -OCH3 is 1. The summed E-state index contributed by atoms with van der Waals surface area (Å²) in [6.07, 6.45) is 6.27. The van der Waals surface area contributed by atoms with E-state index in [1.165, 1.54) is 36.9 Å². The number of hydrogen-bond acceptors (Lipinski definition) is 4. The van der Waals surface area contributed by atoms with Crippen molar-refractivity contribution in [1.29, 1.82) is 0 Å². The summed E-state index contributed by atoms with van der Waals surface area (Å²) in [5.74, 6) is -2.87. The van der Waals surface area contributed by atoms with E-state index in [9.17, 15) is 23.5 Å². The third-order valence-corrected chi connectivity index (χ3v) is 6.46. The van der Waals surface area contributed by atoms with Crippen LogP contribution in [0.25, 0.3) is 11.1 Å². The van der Waals surface area contributed by atoms with Crippen LogP contribution in [0.3, 0.4) is 0 Å². The first-order valence-electron chi connectivity index (χ1n) is 11.9. The molecule has 0 fully saturated rings. The summed E-state index contributed by atoms with van der Waals surface area (Å²) in [7, 11) is 1.23. The lowest BCUT2D eigenvalue weighted by Gasteiger charge is -2.25. The van der Waals surface area contributed by atoms with E-state index in [1.807, 2.05) is 24.3 Å². The van der Waals surface area contributed by atoms with E-state index in [0.717, 1.165) is 17.7 Å². The topological polar surface area (TPSA) is 75.6 Å². The van der Waals surface area contributed by atoms with Gasteiger partial charge in [0, 0.05) is 24.0 Å². The molecule has 1 amide bonds. The van der Waals surface area contributed by atoms with Gasteiger partial charge in [-0.2, -0.15) is 0 Å². The molecule has 0 radical (unpaired) electrons. The molecule has 3 atom stereocenters. The quantitative estimate of drug-likeness (QED) is 0.393. The van der Waals surface area contributed by atoms with E-state index in [2.05, 4.69) is 36.5 Å². The van der Waals surface area contributed by atoms with E-state index >= 15 is 0 Å². The molecule has 3 aromatic carbocycles. The highest BCUT2D eigenvalue weighted by Crippen LogP contribution is 2.33. The standard InChI is InChI=1S/C30H27F2NO4/c1-18-14-19(8-11-23(18)20-6-4-3-5-7-20)15-27(30(36)37-2)33-29(35)25-16-21(9-13-28(25)34)24-12-10-22(31)17-26(24)32/h3-14,16-18,23,27,34H,15H2,1-2H3,(H,33,35)/t18?,23?,27-/m0/s1. The number of amides is 1. The Bertz CT molecular complexity index is 1370. The number of carbonyl (C=O) groups excluding carboxylic acids is 2. The summed E-state index contributed by atoms with van der Waals surface area (Å²) in [5.41, 5.74) is 2.24. The number of phenols is 1. The first-order valence-corrected chi connectivity index (χ1v) is 11.9. The molecule has 1 aliphatic rings. The van der Waals surface area contributed by atoms with E-state index in [1.54, 1.807) is 0 Å². The third kappa shape index (κ3) is 5.94. The van der Waals surface area contributed by atoms with Gasteiger partial charge in [-0.3, -0.25) is 4.79 Å². The minimum absolute atomic E-state index is 0.0689. The van der Waals surface area contributed by atoms with Crippen molar-refractivity contribution < 1.29 is 28.2 Å². The molecule has 37 heavy (non-hydrogen) atoms. The Balaban J connectivity index is 1.53. The van der Waals surface area contributed by atoms with E-state index < -0.39 is 29.6 Å². The van der Waals surface area contributed by atoms with Crippen LogP contribution in [0, 0.1) is 17.6 Å². The molecule has 0 saturated heterocycles. The van der Waals surface area contributed by atoms with Gasteiger partial charge in [0.05, 0.1) is 12.7 Å². The molecule has 0 aliphatic heterocycles. The van der Waals surface area contributed by atoms with Crippen molar-refractivity contribution in [3.8, 4) is 16.9 Å². The highest BCUT2D eigenvalue weighted by Gasteiger charge is 2.27. The van der Waals surface area contributed by atoms with Crippen LogP contribution in [0.2, 0.25) is 0 Å². The molecule has 0 heterocycles. The van der Waals surface area contributed by atoms with Gasteiger partial charge in [0.25, 0.3) is 5.91 Å². The minimum Gasteiger partial charge on any atom is -0.507 e. The maximum absolute atomic E-state index is 14.3. The largest absolute Gasteiger partial charge is 0.507 e. The van der Waals surface area contributed by atoms with Crippen LogP contribution in [0.4, 0.5) is 8.78 Å². The lowest BCUT2D eigenvalue weighted by Crippen LogP contribution is -2.42. The van der Waals surface area contributed by atoms with Crippen LogP contribution in [0.15, 0.2) is 90.5 Å². The summed E-state index contributed by atoms with van der Waals surface area (Å²) in [6.45, 7) is 2.09. The molecule has 0 aromatic heterocycles. The number of halogens is 2. The highest BCUT2D eigenvalue weighted by atomic mass is 19.1. The number of nitrogens with one attached hydrogen (secondary N) is 1. The van der Waals surface area contributed by atoms with Crippen molar-refractivity contribution in [2.75, 3.05) is 7.11 Å². The molecule has 3 aromatic rings. The zero-order valence-corrected chi connectivity index (χ0v) is 20.4. The number of phenolic OH excluding ortho intramolecular Hbond substituents is 1. The van der Waals surface area contributed by atoms with Crippen LogP contribution >= 0.6 is 0 Å². The maximum atomic E-state index is 14.3. The normalized spacial score (nSPS) is 17.6. The number of benzene rings is 3. The van der Waals surface area contributed by atoms with Gasteiger partial charge in [-0.1, -0.05) is 61.5 Å². The summed E-state index contributed by atoms with van der Waals surface area (Å²) < 4.78 is 32.5. The van der Waals surface area contributed by atoms with Crippen molar-refractivity contribution in [1.82, 2.24) is 5.32 Å². The van der Waals surface area contributed by atoms with Crippen LogP contribution in [0.1, 0.15) is 35.2 Å². The maximum Gasteiger partial charge on any atom is 0.328 e. The van der Waals surface area contributed by atoms with Crippen LogP contribution in [0.5, 0.6) is 5.75 Å². The van der Waals surface area contributed by atoms with Crippen molar-refractivity contribution in [3.05, 3.63) is 113 Å². The van der Waals surface area contributed by atoms with Gasteiger partial charge in [0.15, 0.2) is 0 Å². The Hall–Kier alpha value is -4.26. The zero-order chi connectivity index (χ0) is 26.5. The van der Waals surface area contributed by atoms with E-state index in [4.69, 9.17) is 4.74 Å². The first kappa shape index (κ1) is 25.8. The Morgan fingerprint density at radius 2 is 1.81 bits per heavy atom. The van der Waals surface area contributed by atoms with Gasteiger partial charge in [0.1, 0.15) is 23.4 Å². The van der Waals surface area contributed by atoms with Crippen LogP contribution in [-0.2, 0) is 9.53 Å². The number of allylic oxidation sites excluding steroid dienone is 3. The van der Waals surface area contributed by atoms with Gasteiger partial charge in [0.2, 0.25) is 0 Å². The monoisotopic (exact) mass is 503 g/mol. The Labute approximate surface area is 214 Å². The number of aromatic hydroxyl groups is 1. The van der Waals surface area contributed by atoms with Crippen molar-refractivity contribution in [2.45, 2.75) is 25.3 Å². The predicted molar refractivity (Wildman–Crippen MR) is 137 cm³/mol. The average molecular weight is 504 g/mol. The summed E-state index contributed by atoms with van der Waals surface area (Å²) in [6, 6.07) is 16.1. The first-order chi connectivity index (χ1) is 17.8. The fourth-order valence-electron chi connectivity index (χ4n) is 4.54. The second-order valence-corrected chi connectivity index (χ2v) is 9.01. The molecule has 0 bridgehead atoms. The molecule has 0 saturated carbocycles. The van der Waals surface area contributed by atoms with E-state index in [0.29, 0.717) is 0 Å². The lowest BCUT2D eigenvalue weighted by atomic mass is 9.81. The Morgan fingerprint density at radius 3 is 2.49 bits per heavy atom. The van der Waals surface area contributed by atoms with Crippen LogP contribution < -0.4 is 5.32 Å². The molecular formula is C30H27F2NO4. The average Bonchev–Trinajstić information content (AvgIpc) is 2.89. The fourth-order valence-corrected chi connectivity index (χ4v) is 4.54. The van der Waals surface area contributed by atoms with Crippen molar-refractivity contribution >= 4 is 11.9 Å². The highest BCUT2D eigenvalue weighted by molar-refractivity contribution is 6.00. The molecule has 5 nitrogen and oxygen atoms in total. The smallest absolute Gasteiger partial charge is 0.328 e. The third-order valence-electron chi connectivity index (χ3n) is 6.46. The lowest BCUT2D eigenvalue weighted by molar-refractivity contribution is -0.142. The predicted octanol–water partition coefficient (Wildman–Crippen LogP) is 5.92. The molecular weight excluding hydrogens is 476 g/mol. The number of ether oxygens (including phenoxy) is 1. The molecule has 1 aliphatic carbocycles.